The molecule has 0 atom stereocenters. The Morgan fingerprint density at radius 1 is 1.43 bits per heavy atom. The maximum Gasteiger partial charge on any atom is 0.270 e. The molecule has 1 aromatic heterocycles. The van der Waals surface area contributed by atoms with Crippen molar-refractivity contribution in [1.29, 1.82) is 0 Å². The largest absolute Gasteiger partial charge is 0.351 e. The summed E-state index contributed by atoms with van der Waals surface area (Å²) in [5, 5.41) is 5.88. The highest BCUT2D eigenvalue weighted by molar-refractivity contribution is 5.92. The number of aromatic nitrogens is 2. The van der Waals surface area contributed by atoms with E-state index in [9.17, 15) is 4.79 Å². The SMILES string of the molecule is C=CCNc1nccc(C(=O)NCCC2=CCCCC2)n1. The Labute approximate surface area is 125 Å². The van der Waals surface area contributed by atoms with Gasteiger partial charge in [-0.25, -0.2) is 9.97 Å². The molecule has 21 heavy (non-hydrogen) atoms. The zero-order valence-electron chi connectivity index (χ0n) is 12.3. The zero-order valence-corrected chi connectivity index (χ0v) is 12.3. The van der Waals surface area contributed by atoms with Gasteiger partial charge in [0, 0.05) is 19.3 Å². The molecule has 1 heterocycles. The Kier molecular flexibility index (Phi) is 5.94. The summed E-state index contributed by atoms with van der Waals surface area (Å²) in [7, 11) is 0. The number of carbonyl (C=O) groups excluding carboxylic acids is 1. The van der Waals surface area contributed by atoms with Crippen LogP contribution >= 0.6 is 0 Å². The van der Waals surface area contributed by atoms with Crippen LogP contribution in [0, 0.1) is 0 Å². The third kappa shape index (κ3) is 5.02. The van der Waals surface area contributed by atoms with Crippen LogP contribution in [-0.4, -0.2) is 29.0 Å². The molecule has 112 valence electrons. The van der Waals surface area contributed by atoms with Crippen molar-refractivity contribution in [1.82, 2.24) is 15.3 Å². The van der Waals surface area contributed by atoms with Gasteiger partial charge in [-0.1, -0.05) is 17.7 Å². The minimum Gasteiger partial charge on any atom is -0.351 e. The first-order chi connectivity index (χ1) is 10.3. The highest BCUT2D eigenvalue weighted by Gasteiger charge is 2.09. The summed E-state index contributed by atoms with van der Waals surface area (Å²) in [6.07, 6.45) is 11.4. The standard InChI is InChI=1S/C16H22N4O/c1-2-10-18-16-19-12-9-14(20-16)15(21)17-11-8-13-6-4-3-5-7-13/h2,6,9,12H,1,3-5,7-8,10-11H2,(H,17,21)(H,18,19,20). The second-order valence-electron chi connectivity index (χ2n) is 5.05. The lowest BCUT2D eigenvalue weighted by atomic mass is 9.97. The average molecular weight is 286 g/mol. The van der Waals surface area contributed by atoms with Crippen LogP contribution in [0.5, 0.6) is 0 Å². The maximum atomic E-state index is 12.0. The molecule has 2 N–H and O–H groups in total. The van der Waals surface area contributed by atoms with Crippen molar-refractivity contribution in [3.05, 3.63) is 42.3 Å². The van der Waals surface area contributed by atoms with Crippen molar-refractivity contribution in [2.24, 2.45) is 0 Å². The number of allylic oxidation sites excluding steroid dienone is 1. The van der Waals surface area contributed by atoms with E-state index in [1.54, 1.807) is 18.3 Å². The van der Waals surface area contributed by atoms with Gasteiger partial charge in [-0.15, -0.1) is 6.58 Å². The second kappa shape index (κ2) is 8.19. The number of nitrogens with one attached hydrogen (secondary N) is 2. The van der Waals surface area contributed by atoms with Gasteiger partial charge in [0.15, 0.2) is 0 Å². The van der Waals surface area contributed by atoms with E-state index in [0.29, 0.717) is 24.7 Å². The van der Waals surface area contributed by atoms with Gasteiger partial charge in [-0.2, -0.15) is 0 Å². The monoisotopic (exact) mass is 286 g/mol. The van der Waals surface area contributed by atoms with Crippen LogP contribution in [0.2, 0.25) is 0 Å². The van der Waals surface area contributed by atoms with Crippen LogP contribution in [0.15, 0.2) is 36.6 Å². The molecule has 0 aliphatic heterocycles. The van der Waals surface area contributed by atoms with E-state index in [1.165, 1.54) is 31.3 Å². The maximum absolute atomic E-state index is 12.0. The van der Waals surface area contributed by atoms with Crippen LogP contribution in [0.4, 0.5) is 5.95 Å². The molecular formula is C16H22N4O. The smallest absolute Gasteiger partial charge is 0.270 e. The van der Waals surface area contributed by atoms with E-state index in [4.69, 9.17) is 0 Å². The highest BCUT2D eigenvalue weighted by Crippen LogP contribution is 2.19. The number of carbonyl (C=O) groups is 1. The minimum absolute atomic E-state index is 0.157. The second-order valence-corrected chi connectivity index (χ2v) is 5.05. The number of rotatable bonds is 7. The molecule has 1 aliphatic carbocycles. The van der Waals surface area contributed by atoms with Crippen LogP contribution in [0.1, 0.15) is 42.6 Å². The fourth-order valence-electron chi connectivity index (χ4n) is 2.29. The predicted molar refractivity (Wildman–Crippen MR) is 84.2 cm³/mol. The Morgan fingerprint density at radius 2 is 2.33 bits per heavy atom. The van der Waals surface area contributed by atoms with E-state index < -0.39 is 0 Å². The minimum atomic E-state index is -0.157. The van der Waals surface area contributed by atoms with Gasteiger partial charge in [-0.3, -0.25) is 4.79 Å². The first-order valence-electron chi connectivity index (χ1n) is 7.43. The van der Waals surface area contributed by atoms with Gasteiger partial charge in [0.25, 0.3) is 5.91 Å². The van der Waals surface area contributed by atoms with Gasteiger partial charge in [0.1, 0.15) is 5.69 Å². The lowest BCUT2D eigenvalue weighted by molar-refractivity contribution is 0.0949. The molecule has 0 bridgehead atoms. The third-order valence-corrected chi connectivity index (χ3v) is 3.41. The molecule has 2 rings (SSSR count). The normalized spacial score (nSPS) is 14.2. The quantitative estimate of drug-likeness (QED) is 0.756. The summed E-state index contributed by atoms with van der Waals surface area (Å²) in [4.78, 5) is 20.3. The van der Waals surface area contributed by atoms with E-state index in [1.807, 2.05) is 0 Å². The molecule has 0 saturated heterocycles. The van der Waals surface area contributed by atoms with Gasteiger partial charge in [0.2, 0.25) is 5.95 Å². The molecule has 1 amide bonds. The third-order valence-electron chi connectivity index (χ3n) is 3.41. The van der Waals surface area contributed by atoms with Gasteiger partial charge < -0.3 is 10.6 Å². The molecule has 5 heteroatoms. The first kappa shape index (κ1) is 15.2. The van der Waals surface area contributed by atoms with Gasteiger partial charge in [0.05, 0.1) is 0 Å². The van der Waals surface area contributed by atoms with Crippen molar-refractivity contribution >= 4 is 11.9 Å². The molecule has 0 saturated carbocycles. The summed E-state index contributed by atoms with van der Waals surface area (Å²) in [5.74, 6) is 0.285. The molecule has 0 aromatic carbocycles. The molecule has 1 aromatic rings. The van der Waals surface area contributed by atoms with Crippen molar-refractivity contribution in [3.63, 3.8) is 0 Å². The van der Waals surface area contributed by atoms with E-state index >= 15 is 0 Å². The molecule has 1 aliphatic rings. The fourth-order valence-corrected chi connectivity index (χ4v) is 2.29. The molecule has 0 radical (unpaired) electrons. The summed E-state index contributed by atoms with van der Waals surface area (Å²) >= 11 is 0. The number of anilines is 1. The van der Waals surface area contributed by atoms with Crippen molar-refractivity contribution in [3.8, 4) is 0 Å². The summed E-state index contributed by atoms with van der Waals surface area (Å²) < 4.78 is 0. The van der Waals surface area contributed by atoms with Gasteiger partial charge in [-0.05, 0) is 38.2 Å². The molecule has 0 fully saturated rings. The Morgan fingerprint density at radius 3 is 3.10 bits per heavy atom. The van der Waals surface area contributed by atoms with E-state index in [0.717, 1.165) is 6.42 Å². The molecule has 0 unspecified atom stereocenters. The average Bonchev–Trinajstić information content (AvgIpc) is 2.54. The van der Waals surface area contributed by atoms with E-state index in [-0.39, 0.29) is 5.91 Å². The molecule has 0 spiro atoms. The van der Waals surface area contributed by atoms with Crippen LogP contribution in [0.25, 0.3) is 0 Å². The number of hydrogen-bond donors (Lipinski definition) is 2. The lowest BCUT2D eigenvalue weighted by Crippen LogP contribution is -2.26. The first-order valence-corrected chi connectivity index (χ1v) is 7.43. The zero-order chi connectivity index (χ0) is 14.9. The van der Waals surface area contributed by atoms with Crippen LogP contribution in [-0.2, 0) is 0 Å². The Hall–Kier alpha value is -2.17. The van der Waals surface area contributed by atoms with E-state index in [2.05, 4.69) is 33.3 Å². The summed E-state index contributed by atoms with van der Waals surface area (Å²) in [6.45, 7) is 4.84. The Balaban J connectivity index is 1.82. The summed E-state index contributed by atoms with van der Waals surface area (Å²) in [5.41, 5.74) is 1.84. The van der Waals surface area contributed by atoms with Crippen molar-refractivity contribution < 1.29 is 4.79 Å². The van der Waals surface area contributed by atoms with Crippen molar-refractivity contribution in [2.75, 3.05) is 18.4 Å². The predicted octanol–water partition coefficient (Wildman–Crippen LogP) is 2.69. The highest BCUT2D eigenvalue weighted by atomic mass is 16.1. The summed E-state index contributed by atoms with van der Waals surface area (Å²) in [6, 6.07) is 1.62. The van der Waals surface area contributed by atoms with Gasteiger partial charge >= 0.3 is 0 Å². The molecular weight excluding hydrogens is 264 g/mol. The Bertz CT molecular complexity index is 525. The van der Waals surface area contributed by atoms with Crippen molar-refractivity contribution in [2.45, 2.75) is 32.1 Å². The van der Waals surface area contributed by atoms with Crippen LogP contribution < -0.4 is 10.6 Å². The number of nitrogens with zero attached hydrogens (tertiary/aromatic N) is 2. The number of hydrogen-bond acceptors (Lipinski definition) is 4. The topological polar surface area (TPSA) is 66.9 Å². The fraction of sp³-hybridized carbons (Fsp3) is 0.438. The molecule has 5 nitrogen and oxygen atoms in total. The lowest BCUT2D eigenvalue weighted by Gasteiger charge is -2.12. The number of amides is 1. The van der Waals surface area contributed by atoms with Crippen LogP contribution in [0.3, 0.4) is 0 Å².